The number of nitrogens with zero attached hydrogens (tertiary/aromatic N) is 3. The number of ether oxygens (including phenoxy) is 2. The molecule has 0 saturated carbocycles. The van der Waals surface area contributed by atoms with E-state index in [0.717, 1.165) is 0 Å². The third-order valence-corrected chi connectivity index (χ3v) is 6.45. The molecule has 1 aromatic carbocycles. The SMILES string of the molecule is Cn1c(=O)cc(CO)c2ccc(F)c(CCNC[C@H]3CN(c4ccc5c(n4)CC(=O)CO5)C(=O)O3)c21. The number of anilines is 1. The highest BCUT2D eigenvalue weighted by Gasteiger charge is 2.33. The molecule has 2 aromatic heterocycles. The van der Waals surface area contributed by atoms with Crippen LogP contribution in [0.3, 0.4) is 0 Å². The number of carbonyl (C=O) groups is 2. The monoisotopic (exact) mass is 496 g/mol. The number of rotatable bonds is 7. The molecule has 5 rings (SSSR count). The number of nitrogens with one attached hydrogen (secondary N) is 1. The minimum atomic E-state index is -0.538. The number of hydrogen-bond acceptors (Lipinski definition) is 8. The molecule has 1 saturated heterocycles. The average Bonchev–Trinajstić information content (AvgIpc) is 3.24. The number of Topliss-reactive ketones (excluding diaryl/α,β-unsaturated/α-hetero) is 1. The first-order valence-electron chi connectivity index (χ1n) is 11.6. The van der Waals surface area contributed by atoms with Gasteiger partial charge in [0.15, 0.2) is 5.78 Å². The summed E-state index contributed by atoms with van der Waals surface area (Å²) in [6, 6.07) is 7.60. The first-order chi connectivity index (χ1) is 17.4. The van der Waals surface area contributed by atoms with Gasteiger partial charge in [-0.3, -0.25) is 14.5 Å². The third-order valence-electron chi connectivity index (χ3n) is 6.45. The van der Waals surface area contributed by atoms with Crippen molar-refractivity contribution in [3.8, 4) is 5.75 Å². The van der Waals surface area contributed by atoms with Crippen LogP contribution in [0.5, 0.6) is 5.75 Å². The minimum Gasteiger partial charge on any atom is -0.484 e. The molecule has 0 radical (unpaired) electrons. The van der Waals surface area contributed by atoms with Crippen LogP contribution in [0.2, 0.25) is 0 Å². The second-order valence-corrected chi connectivity index (χ2v) is 8.84. The van der Waals surface area contributed by atoms with Crippen LogP contribution >= 0.6 is 0 Å². The van der Waals surface area contributed by atoms with Crippen molar-refractivity contribution >= 4 is 28.6 Å². The van der Waals surface area contributed by atoms with E-state index in [1.807, 2.05) is 0 Å². The molecule has 2 N–H and O–H groups in total. The lowest BCUT2D eigenvalue weighted by atomic mass is 10.0. The molecule has 1 amide bonds. The van der Waals surface area contributed by atoms with E-state index < -0.39 is 18.0 Å². The summed E-state index contributed by atoms with van der Waals surface area (Å²) < 4.78 is 26.9. The Balaban J connectivity index is 1.23. The molecule has 36 heavy (non-hydrogen) atoms. The summed E-state index contributed by atoms with van der Waals surface area (Å²) in [6.45, 7) is 0.681. The van der Waals surface area contributed by atoms with Crippen LogP contribution in [-0.4, -0.2) is 58.9 Å². The van der Waals surface area contributed by atoms with Crippen molar-refractivity contribution in [3.05, 3.63) is 63.3 Å². The molecule has 4 heterocycles. The second-order valence-electron chi connectivity index (χ2n) is 8.84. The van der Waals surface area contributed by atoms with E-state index in [1.165, 1.54) is 21.6 Å². The van der Waals surface area contributed by atoms with E-state index in [0.29, 0.717) is 52.4 Å². The van der Waals surface area contributed by atoms with Crippen LogP contribution in [0.1, 0.15) is 16.8 Å². The number of aryl methyl sites for hydroxylation is 1. The number of amides is 1. The van der Waals surface area contributed by atoms with Crippen molar-refractivity contribution in [2.75, 3.05) is 31.1 Å². The van der Waals surface area contributed by atoms with Crippen LogP contribution in [0.25, 0.3) is 10.9 Å². The van der Waals surface area contributed by atoms with E-state index in [1.54, 1.807) is 25.2 Å². The van der Waals surface area contributed by atoms with E-state index in [-0.39, 0.29) is 43.9 Å². The number of fused-ring (bicyclic) bond motifs is 2. The highest BCUT2D eigenvalue weighted by atomic mass is 19.1. The molecule has 0 aliphatic carbocycles. The Kier molecular flexibility index (Phi) is 6.42. The smallest absolute Gasteiger partial charge is 0.415 e. The molecule has 0 bridgehead atoms. The number of aromatic nitrogens is 2. The summed E-state index contributed by atoms with van der Waals surface area (Å²) >= 11 is 0. The van der Waals surface area contributed by atoms with E-state index >= 15 is 0 Å². The Morgan fingerprint density at radius 1 is 1.22 bits per heavy atom. The normalized spacial score (nSPS) is 17.3. The Bertz CT molecular complexity index is 1420. The highest BCUT2D eigenvalue weighted by molar-refractivity contribution is 5.89. The number of benzene rings is 1. The number of pyridine rings is 2. The zero-order chi connectivity index (χ0) is 25.4. The molecule has 10 nitrogen and oxygen atoms in total. The lowest BCUT2D eigenvalue weighted by Crippen LogP contribution is -2.32. The van der Waals surface area contributed by atoms with E-state index in [4.69, 9.17) is 9.47 Å². The molecular weight excluding hydrogens is 471 g/mol. The zero-order valence-corrected chi connectivity index (χ0v) is 19.6. The number of hydrogen-bond donors (Lipinski definition) is 2. The molecule has 2 aliphatic rings. The average molecular weight is 496 g/mol. The highest BCUT2D eigenvalue weighted by Crippen LogP contribution is 2.27. The van der Waals surface area contributed by atoms with Gasteiger partial charge < -0.3 is 24.5 Å². The molecule has 0 unspecified atom stereocenters. The fourth-order valence-corrected chi connectivity index (χ4v) is 4.63. The van der Waals surface area contributed by atoms with Gasteiger partial charge in [0.05, 0.1) is 30.8 Å². The van der Waals surface area contributed by atoms with Gasteiger partial charge in [-0.25, -0.2) is 14.2 Å². The van der Waals surface area contributed by atoms with Crippen molar-refractivity contribution in [3.63, 3.8) is 0 Å². The van der Waals surface area contributed by atoms with Gasteiger partial charge in [-0.2, -0.15) is 0 Å². The molecule has 188 valence electrons. The van der Waals surface area contributed by atoms with Gasteiger partial charge in [0.25, 0.3) is 5.56 Å². The number of ketones is 1. The Hall–Kier alpha value is -3.83. The van der Waals surface area contributed by atoms with Crippen molar-refractivity contribution in [1.82, 2.24) is 14.9 Å². The Morgan fingerprint density at radius 3 is 2.86 bits per heavy atom. The fraction of sp³-hybridized carbons (Fsp3) is 0.360. The van der Waals surface area contributed by atoms with Gasteiger partial charge in [0.2, 0.25) is 0 Å². The predicted molar refractivity (Wildman–Crippen MR) is 128 cm³/mol. The summed E-state index contributed by atoms with van der Waals surface area (Å²) in [5.74, 6) is 0.411. The van der Waals surface area contributed by atoms with Gasteiger partial charge in [0, 0.05) is 30.6 Å². The zero-order valence-electron chi connectivity index (χ0n) is 19.6. The maximum Gasteiger partial charge on any atom is 0.415 e. The maximum atomic E-state index is 14.7. The third kappa shape index (κ3) is 4.42. The second kappa shape index (κ2) is 9.67. The fourth-order valence-electron chi connectivity index (χ4n) is 4.63. The predicted octanol–water partition coefficient (Wildman–Crippen LogP) is 1.23. The van der Waals surface area contributed by atoms with Gasteiger partial charge in [0.1, 0.15) is 30.1 Å². The first kappa shape index (κ1) is 23.9. The Labute approximate surface area is 205 Å². The summed E-state index contributed by atoms with van der Waals surface area (Å²) in [5.41, 5.74) is 1.44. The van der Waals surface area contributed by atoms with Gasteiger partial charge in [-0.1, -0.05) is 0 Å². The number of carbonyl (C=O) groups excluding carboxylic acids is 2. The molecule has 1 fully saturated rings. The molecule has 1 atom stereocenters. The standard InChI is InChI=1S/C25H25FN4O6/c1-29-23(33)8-14(12-31)17-2-3-19(26)18(24(17)29)6-7-27-10-16-11-30(25(34)36-16)22-5-4-21-20(28-22)9-15(32)13-35-21/h2-5,8,16,27,31H,6-7,9-13H2,1H3/t16-/m0/s1. The van der Waals surface area contributed by atoms with Crippen molar-refractivity contribution < 1.29 is 28.6 Å². The van der Waals surface area contributed by atoms with Gasteiger partial charge in [-0.15, -0.1) is 0 Å². The van der Waals surface area contributed by atoms with Crippen molar-refractivity contribution in [2.45, 2.75) is 25.6 Å². The quantitative estimate of drug-likeness (QED) is 0.469. The minimum absolute atomic E-state index is 0.0229. The summed E-state index contributed by atoms with van der Waals surface area (Å²) in [6.07, 6.45) is -0.539. The van der Waals surface area contributed by atoms with Crippen molar-refractivity contribution in [1.29, 1.82) is 0 Å². The van der Waals surface area contributed by atoms with E-state index in [2.05, 4.69) is 10.3 Å². The van der Waals surface area contributed by atoms with Gasteiger partial charge in [-0.05, 0) is 42.8 Å². The number of aliphatic hydroxyl groups is 1. The van der Waals surface area contributed by atoms with Crippen LogP contribution < -0.4 is 20.5 Å². The summed E-state index contributed by atoms with van der Waals surface area (Å²) in [5, 5.41) is 13.4. The maximum absolute atomic E-state index is 14.7. The van der Waals surface area contributed by atoms with Crippen LogP contribution in [0, 0.1) is 5.82 Å². The molecule has 0 spiro atoms. The van der Waals surface area contributed by atoms with Crippen LogP contribution in [0.4, 0.5) is 15.0 Å². The lowest BCUT2D eigenvalue weighted by molar-refractivity contribution is -0.121. The van der Waals surface area contributed by atoms with Crippen LogP contribution in [-0.2, 0) is 36.0 Å². The number of aliphatic hydroxyl groups excluding tert-OH is 1. The Morgan fingerprint density at radius 2 is 2.06 bits per heavy atom. The molecular formula is C25H25FN4O6. The molecule has 2 aliphatic heterocycles. The number of cyclic esters (lactones) is 1. The lowest BCUT2D eigenvalue weighted by Gasteiger charge is -2.18. The molecule has 3 aromatic rings. The summed E-state index contributed by atoms with van der Waals surface area (Å²) in [7, 11) is 1.57. The van der Waals surface area contributed by atoms with E-state index in [9.17, 15) is 23.9 Å². The topological polar surface area (TPSA) is 123 Å². The van der Waals surface area contributed by atoms with Crippen LogP contribution in [0.15, 0.2) is 35.1 Å². The largest absolute Gasteiger partial charge is 0.484 e. The molecule has 11 heteroatoms. The van der Waals surface area contributed by atoms with Gasteiger partial charge >= 0.3 is 6.09 Å². The first-order valence-corrected chi connectivity index (χ1v) is 11.6. The summed E-state index contributed by atoms with van der Waals surface area (Å²) in [4.78, 5) is 42.2. The van der Waals surface area contributed by atoms with Crippen molar-refractivity contribution in [2.24, 2.45) is 7.05 Å². The number of halogens is 1.